The molecule has 68 valence electrons. The Bertz CT molecular complexity index is 369. The summed E-state index contributed by atoms with van der Waals surface area (Å²) in [6, 6.07) is 4.27. The van der Waals surface area contributed by atoms with Gasteiger partial charge in [0.15, 0.2) is 0 Å². The van der Waals surface area contributed by atoms with Crippen LogP contribution < -0.4 is 0 Å². The number of fused-ring (bicyclic) bond motifs is 1. The monoisotopic (exact) mass is 238 g/mol. The summed E-state index contributed by atoms with van der Waals surface area (Å²) >= 11 is 3.50. The molecule has 0 fully saturated rings. The number of halogens is 1. The van der Waals surface area contributed by atoms with Crippen molar-refractivity contribution in [2.75, 3.05) is 0 Å². The highest BCUT2D eigenvalue weighted by molar-refractivity contribution is 9.10. The minimum atomic E-state index is 0.370. The van der Waals surface area contributed by atoms with Crippen LogP contribution in [-0.4, -0.2) is 5.78 Å². The van der Waals surface area contributed by atoms with E-state index in [0.29, 0.717) is 18.6 Å². The average molecular weight is 239 g/mol. The molecule has 0 bridgehead atoms. The van der Waals surface area contributed by atoms with E-state index in [-0.39, 0.29) is 0 Å². The molecule has 2 rings (SSSR count). The highest BCUT2D eigenvalue weighted by Gasteiger charge is 2.16. The molecule has 0 radical (unpaired) electrons. The second-order valence-corrected chi connectivity index (χ2v) is 4.44. The Labute approximate surface area is 86.3 Å². The van der Waals surface area contributed by atoms with Gasteiger partial charge in [0.25, 0.3) is 0 Å². The average Bonchev–Trinajstić information content (AvgIpc) is 2.08. The van der Waals surface area contributed by atoms with Crippen LogP contribution in [0.5, 0.6) is 0 Å². The summed E-state index contributed by atoms with van der Waals surface area (Å²) in [5, 5.41) is 0. The fraction of sp³-hybridized carbons (Fsp3) is 0.364. The predicted octanol–water partition coefficient (Wildman–Crippen LogP) is 2.82. The van der Waals surface area contributed by atoms with Gasteiger partial charge in [-0.05, 0) is 36.1 Å². The molecule has 0 unspecified atom stereocenters. The van der Waals surface area contributed by atoms with Gasteiger partial charge < -0.3 is 0 Å². The van der Waals surface area contributed by atoms with Gasteiger partial charge in [0, 0.05) is 17.3 Å². The van der Waals surface area contributed by atoms with Crippen LogP contribution in [-0.2, 0) is 17.6 Å². The summed E-state index contributed by atoms with van der Waals surface area (Å²) in [6.45, 7) is 2.06. The lowest BCUT2D eigenvalue weighted by Gasteiger charge is -2.16. The van der Waals surface area contributed by atoms with E-state index in [9.17, 15) is 4.79 Å². The van der Waals surface area contributed by atoms with Gasteiger partial charge in [0.05, 0.1) is 0 Å². The van der Waals surface area contributed by atoms with Crippen LogP contribution in [0, 0.1) is 6.92 Å². The van der Waals surface area contributed by atoms with Gasteiger partial charge in [0.1, 0.15) is 5.78 Å². The molecule has 0 atom stereocenters. The lowest BCUT2D eigenvalue weighted by atomic mass is 9.90. The quantitative estimate of drug-likeness (QED) is 0.680. The summed E-state index contributed by atoms with van der Waals surface area (Å²) in [5.74, 6) is 0.370. The summed E-state index contributed by atoms with van der Waals surface area (Å²) in [7, 11) is 0. The number of carbonyl (C=O) groups is 1. The Morgan fingerprint density at radius 1 is 1.23 bits per heavy atom. The molecule has 0 aliphatic heterocycles. The molecular formula is C11H11BrO. The standard InChI is InChI=1S/C11H11BrO/c1-7-4-9-5-10(13)3-2-8(9)6-11(7)12/h4,6H,2-3,5H2,1H3. The molecule has 1 aromatic rings. The minimum absolute atomic E-state index is 0.370. The SMILES string of the molecule is Cc1cc2c(cc1Br)CCC(=O)C2. The lowest BCUT2D eigenvalue weighted by Crippen LogP contribution is -2.13. The van der Waals surface area contributed by atoms with Crippen molar-refractivity contribution in [1.82, 2.24) is 0 Å². The molecule has 2 heteroatoms. The van der Waals surface area contributed by atoms with E-state index < -0.39 is 0 Å². The third-order valence-corrected chi connectivity index (χ3v) is 3.40. The van der Waals surface area contributed by atoms with E-state index in [4.69, 9.17) is 0 Å². The van der Waals surface area contributed by atoms with Gasteiger partial charge in [-0.2, -0.15) is 0 Å². The van der Waals surface area contributed by atoms with E-state index in [1.54, 1.807) is 0 Å². The maximum absolute atomic E-state index is 11.2. The summed E-state index contributed by atoms with van der Waals surface area (Å²) < 4.78 is 1.15. The van der Waals surface area contributed by atoms with Gasteiger partial charge in [-0.1, -0.05) is 22.0 Å². The normalized spacial score (nSPS) is 15.7. The van der Waals surface area contributed by atoms with Crippen LogP contribution in [0.2, 0.25) is 0 Å². The zero-order valence-corrected chi connectivity index (χ0v) is 9.15. The van der Waals surface area contributed by atoms with E-state index in [1.807, 2.05) is 0 Å². The van der Waals surface area contributed by atoms with Crippen molar-refractivity contribution >= 4 is 21.7 Å². The molecule has 1 aromatic carbocycles. The van der Waals surface area contributed by atoms with Crippen molar-refractivity contribution < 1.29 is 4.79 Å². The molecule has 0 spiro atoms. The van der Waals surface area contributed by atoms with E-state index in [0.717, 1.165) is 10.9 Å². The number of aryl methyl sites for hydroxylation is 2. The van der Waals surface area contributed by atoms with Crippen molar-refractivity contribution in [3.05, 3.63) is 33.3 Å². The minimum Gasteiger partial charge on any atom is -0.299 e. The first-order valence-corrected chi connectivity index (χ1v) is 5.26. The molecule has 1 nitrogen and oxygen atoms in total. The summed E-state index contributed by atoms with van der Waals surface area (Å²) in [4.78, 5) is 11.2. The molecule has 0 N–H and O–H groups in total. The number of hydrogen-bond donors (Lipinski definition) is 0. The second-order valence-electron chi connectivity index (χ2n) is 3.59. The maximum atomic E-state index is 11.2. The van der Waals surface area contributed by atoms with Crippen LogP contribution in [0.1, 0.15) is 23.1 Å². The Balaban J connectivity index is 2.49. The topological polar surface area (TPSA) is 17.1 Å². The van der Waals surface area contributed by atoms with Crippen LogP contribution in [0.3, 0.4) is 0 Å². The van der Waals surface area contributed by atoms with Gasteiger partial charge in [-0.3, -0.25) is 4.79 Å². The van der Waals surface area contributed by atoms with Crippen LogP contribution in [0.15, 0.2) is 16.6 Å². The third kappa shape index (κ3) is 1.68. The van der Waals surface area contributed by atoms with Crippen LogP contribution in [0.25, 0.3) is 0 Å². The lowest BCUT2D eigenvalue weighted by molar-refractivity contribution is -0.118. The molecule has 0 saturated carbocycles. The number of rotatable bonds is 0. The molecule has 0 amide bonds. The molecule has 13 heavy (non-hydrogen) atoms. The fourth-order valence-corrected chi connectivity index (χ4v) is 2.15. The number of carbonyl (C=O) groups excluding carboxylic acids is 1. The van der Waals surface area contributed by atoms with Crippen molar-refractivity contribution in [3.8, 4) is 0 Å². The fourth-order valence-electron chi connectivity index (χ4n) is 1.75. The molecule has 1 aliphatic carbocycles. The van der Waals surface area contributed by atoms with Crippen molar-refractivity contribution in [3.63, 3.8) is 0 Å². The Kier molecular flexibility index (Phi) is 2.24. The molecule has 0 saturated heterocycles. The smallest absolute Gasteiger partial charge is 0.137 e. The van der Waals surface area contributed by atoms with Gasteiger partial charge in [-0.15, -0.1) is 0 Å². The molecule has 1 aliphatic rings. The van der Waals surface area contributed by atoms with Crippen LogP contribution in [0.4, 0.5) is 0 Å². The number of Topliss-reactive ketones (excluding diaryl/α,β-unsaturated/α-hetero) is 1. The van der Waals surface area contributed by atoms with Gasteiger partial charge in [-0.25, -0.2) is 0 Å². The summed E-state index contributed by atoms with van der Waals surface area (Å²) in [5.41, 5.74) is 3.77. The molecule has 0 heterocycles. The highest BCUT2D eigenvalue weighted by atomic mass is 79.9. The van der Waals surface area contributed by atoms with E-state index >= 15 is 0 Å². The third-order valence-electron chi connectivity index (χ3n) is 2.54. The Morgan fingerprint density at radius 2 is 2.00 bits per heavy atom. The van der Waals surface area contributed by atoms with Crippen molar-refractivity contribution in [2.24, 2.45) is 0 Å². The molecular weight excluding hydrogens is 228 g/mol. The number of hydrogen-bond acceptors (Lipinski definition) is 1. The number of ketones is 1. The van der Waals surface area contributed by atoms with Crippen molar-refractivity contribution in [2.45, 2.75) is 26.2 Å². The zero-order chi connectivity index (χ0) is 9.42. The summed E-state index contributed by atoms with van der Waals surface area (Å²) in [6.07, 6.45) is 2.25. The molecule has 0 aromatic heterocycles. The Hall–Kier alpha value is -0.630. The first kappa shape index (κ1) is 8.95. The largest absolute Gasteiger partial charge is 0.299 e. The van der Waals surface area contributed by atoms with Crippen molar-refractivity contribution in [1.29, 1.82) is 0 Å². The van der Waals surface area contributed by atoms with E-state index in [2.05, 4.69) is 35.0 Å². The highest BCUT2D eigenvalue weighted by Crippen LogP contribution is 2.26. The number of benzene rings is 1. The van der Waals surface area contributed by atoms with Gasteiger partial charge in [0.2, 0.25) is 0 Å². The van der Waals surface area contributed by atoms with E-state index in [1.165, 1.54) is 16.7 Å². The zero-order valence-electron chi connectivity index (χ0n) is 7.56. The first-order chi connectivity index (χ1) is 6.16. The first-order valence-electron chi connectivity index (χ1n) is 4.46. The van der Waals surface area contributed by atoms with Gasteiger partial charge >= 0.3 is 0 Å². The Morgan fingerprint density at radius 3 is 2.77 bits per heavy atom. The van der Waals surface area contributed by atoms with Crippen LogP contribution >= 0.6 is 15.9 Å². The maximum Gasteiger partial charge on any atom is 0.137 e. The predicted molar refractivity (Wildman–Crippen MR) is 55.9 cm³/mol. The second kappa shape index (κ2) is 3.26.